The summed E-state index contributed by atoms with van der Waals surface area (Å²) in [6.07, 6.45) is 0. The van der Waals surface area contributed by atoms with Gasteiger partial charge in [0.1, 0.15) is 0 Å². The Bertz CT molecular complexity index is 462. The zero-order valence-corrected chi connectivity index (χ0v) is 13.0. The second kappa shape index (κ2) is 8.42. The minimum atomic E-state index is -0.373. The van der Waals surface area contributed by atoms with E-state index < -0.39 is 0 Å². The van der Waals surface area contributed by atoms with Crippen molar-refractivity contribution in [1.82, 2.24) is 10.2 Å². The first kappa shape index (κ1) is 17.2. The molecule has 1 rings (SSSR count). The van der Waals surface area contributed by atoms with E-state index in [4.69, 9.17) is 5.73 Å². The molecule has 5 heteroatoms. The number of likely N-dealkylation sites (N-methyl/N-ethyl adjacent to an activating group) is 2. The Kier molecular flexibility index (Phi) is 6.88. The van der Waals surface area contributed by atoms with E-state index in [9.17, 15) is 9.59 Å². The maximum absolute atomic E-state index is 12.5. The minimum Gasteiger partial charge on any atom is -0.355 e. The van der Waals surface area contributed by atoms with Crippen molar-refractivity contribution in [3.63, 3.8) is 0 Å². The molecule has 116 valence electrons. The molecule has 2 amide bonds. The van der Waals surface area contributed by atoms with Gasteiger partial charge in [-0.05, 0) is 19.4 Å². The van der Waals surface area contributed by atoms with Crippen LogP contribution >= 0.6 is 0 Å². The van der Waals surface area contributed by atoms with Gasteiger partial charge in [0.15, 0.2) is 0 Å². The first-order chi connectivity index (χ1) is 10.0. The van der Waals surface area contributed by atoms with E-state index in [0.29, 0.717) is 13.1 Å². The highest BCUT2D eigenvalue weighted by molar-refractivity contribution is 5.86. The Morgan fingerprint density at radius 3 is 2.38 bits per heavy atom. The number of nitrogens with zero attached hydrogens (tertiary/aromatic N) is 1. The quantitative estimate of drug-likeness (QED) is 0.795. The first-order valence-electron chi connectivity index (χ1n) is 7.37. The maximum atomic E-state index is 12.5. The molecule has 0 bridgehead atoms. The van der Waals surface area contributed by atoms with E-state index in [1.807, 2.05) is 44.2 Å². The van der Waals surface area contributed by atoms with Crippen LogP contribution in [0.25, 0.3) is 0 Å². The normalized spacial score (nSPS) is 13.3. The molecule has 21 heavy (non-hydrogen) atoms. The monoisotopic (exact) mass is 291 g/mol. The summed E-state index contributed by atoms with van der Waals surface area (Å²) in [5.41, 5.74) is 7.10. The fourth-order valence-electron chi connectivity index (χ4n) is 2.18. The third-order valence-corrected chi connectivity index (χ3v) is 3.51. The van der Waals surface area contributed by atoms with Crippen LogP contribution in [0.1, 0.15) is 32.4 Å². The number of hydrogen-bond acceptors (Lipinski definition) is 3. The van der Waals surface area contributed by atoms with Crippen LogP contribution in [0.15, 0.2) is 30.3 Å². The Morgan fingerprint density at radius 2 is 1.86 bits per heavy atom. The molecular weight excluding hydrogens is 266 g/mol. The second-order valence-electron chi connectivity index (χ2n) is 5.03. The standard InChI is InChI=1S/C16H25N3O2/c1-4-18-14(20)11-19(5-2)16(21)12(3)15(17)13-9-7-6-8-10-13/h6-10,12,15H,4-5,11,17H2,1-3H3,(H,18,20). The largest absolute Gasteiger partial charge is 0.355 e. The molecule has 2 unspecified atom stereocenters. The lowest BCUT2D eigenvalue weighted by Gasteiger charge is -2.27. The van der Waals surface area contributed by atoms with Crippen molar-refractivity contribution in [2.24, 2.45) is 11.7 Å². The molecule has 5 nitrogen and oxygen atoms in total. The summed E-state index contributed by atoms with van der Waals surface area (Å²) in [6, 6.07) is 9.17. The van der Waals surface area contributed by atoms with Crippen molar-refractivity contribution in [2.45, 2.75) is 26.8 Å². The van der Waals surface area contributed by atoms with Crippen LogP contribution in [0.2, 0.25) is 0 Å². The summed E-state index contributed by atoms with van der Waals surface area (Å²) in [4.78, 5) is 25.7. The van der Waals surface area contributed by atoms with Crippen molar-refractivity contribution >= 4 is 11.8 Å². The SMILES string of the molecule is CCNC(=O)CN(CC)C(=O)C(C)C(N)c1ccccc1. The van der Waals surface area contributed by atoms with Crippen LogP contribution < -0.4 is 11.1 Å². The van der Waals surface area contributed by atoms with Crippen molar-refractivity contribution in [3.8, 4) is 0 Å². The third kappa shape index (κ3) is 4.86. The van der Waals surface area contributed by atoms with Gasteiger partial charge >= 0.3 is 0 Å². The number of nitrogens with one attached hydrogen (secondary N) is 1. The molecule has 1 aromatic carbocycles. The number of carbonyl (C=O) groups excluding carboxylic acids is 2. The van der Waals surface area contributed by atoms with Gasteiger partial charge in [-0.1, -0.05) is 37.3 Å². The van der Waals surface area contributed by atoms with Gasteiger partial charge in [0.05, 0.1) is 12.5 Å². The zero-order chi connectivity index (χ0) is 15.8. The molecule has 3 N–H and O–H groups in total. The lowest BCUT2D eigenvalue weighted by Crippen LogP contribution is -2.44. The van der Waals surface area contributed by atoms with Crippen LogP contribution in [-0.2, 0) is 9.59 Å². The maximum Gasteiger partial charge on any atom is 0.239 e. The molecule has 0 aliphatic carbocycles. The zero-order valence-electron chi connectivity index (χ0n) is 13.0. The van der Waals surface area contributed by atoms with E-state index in [-0.39, 0.29) is 30.3 Å². The minimum absolute atomic E-state index is 0.0784. The number of carbonyl (C=O) groups is 2. The van der Waals surface area contributed by atoms with Gasteiger partial charge in [0.2, 0.25) is 11.8 Å². The number of benzene rings is 1. The van der Waals surface area contributed by atoms with Crippen molar-refractivity contribution in [2.75, 3.05) is 19.6 Å². The van der Waals surface area contributed by atoms with Gasteiger partial charge in [-0.2, -0.15) is 0 Å². The molecule has 0 aliphatic heterocycles. The molecular formula is C16H25N3O2. The van der Waals surface area contributed by atoms with Crippen molar-refractivity contribution in [1.29, 1.82) is 0 Å². The predicted molar refractivity (Wildman–Crippen MR) is 83.5 cm³/mol. The molecule has 0 radical (unpaired) electrons. The average molecular weight is 291 g/mol. The highest BCUT2D eigenvalue weighted by atomic mass is 16.2. The summed E-state index contributed by atoms with van der Waals surface area (Å²) in [5.74, 6) is -0.616. The molecule has 0 saturated heterocycles. The predicted octanol–water partition coefficient (Wildman–Crippen LogP) is 1.31. The highest BCUT2D eigenvalue weighted by Crippen LogP contribution is 2.20. The third-order valence-electron chi connectivity index (χ3n) is 3.51. The van der Waals surface area contributed by atoms with E-state index in [1.165, 1.54) is 0 Å². The summed E-state index contributed by atoms with van der Waals surface area (Å²) in [6.45, 7) is 6.64. The van der Waals surface area contributed by atoms with E-state index in [0.717, 1.165) is 5.56 Å². The van der Waals surface area contributed by atoms with E-state index >= 15 is 0 Å². The highest BCUT2D eigenvalue weighted by Gasteiger charge is 2.26. The summed E-state index contributed by atoms with van der Waals surface area (Å²) in [7, 11) is 0. The number of hydrogen-bond donors (Lipinski definition) is 2. The van der Waals surface area contributed by atoms with Gasteiger partial charge in [-0.3, -0.25) is 9.59 Å². The molecule has 0 aromatic heterocycles. The summed E-state index contributed by atoms with van der Waals surface area (Å²) >= 11 is 0. The van der Waals surface area contributed by atoms with Crippen molar-refractivity contribution < 1.29 is 9.59 Å². The fraction of sp³-hybridized carbons (Fsp3) is 0.500. The number of amides is 2. The Hall–Kier alpha value is -1.88. The topological polar surface area (TPSA) is 75.4 Å². The molecule has 0 heterocycles. The summed E-state index contributed by atoms with van der Waals surface area (Å²) < 4.78 is 0. The average Bonchev–Trinajstić information content (AvgIpc) is 2.51. The summed E-state index contributed by atoms with van der Waals surface area (Å²) in [5, 5.41) is 2.70. The Labute approximate surface area is 126 Å². The van der Waals surface area contributed by atoms with Crippen LogP contribution in [0.5, 0.6) is 0 Å². The molecule has 0 spiro atoms. The molecule has 1 aromatic rings. The fourth-order valence-corrected chi connectivity index (χ4v) is 2.18. The van der Waals surface area contributed by atoms with Crippen LogP contribution in [0.4, 0.5) is 0 Å². The van der Waals surface area contributed by atoms with Gasteiger partial charge < -0.3 is 16.0 Å². The van der Waals surface area contributed by atoms with Crippen LogP contribution in [-0.4, -0.2) is 36.3 Å². The number of nitrogens with two attached hydrogens (primary N) is 1. The van der Waals surface area contributed by atoms with Gasteiger partial charge in [0.25, 0.3) is 0 Å². The molecule has 0 fully saturated rings. The van der Waals surface area contributed by atoms with Gasteiger partial charge in [-0.15, -0.1) is 0 Å². The second-order valence-corrected chi connectivity index (χ2v) is 5.03. The lowest BCUT2D eigenvalue weighted by molar-refractivity contribution is -0.139. The van der Waals surface area contributed by atoms with Gasteiger partial charge in [0, 0.05) is 19.1 Å². The van der Waals surface area contributed by atoms with Crippen LogP contribution in [0.3, 0.4) is 0 Å². The lowest BCUT2D eigenvalue weighted by atomic mass is 9.94. The Morgan fingerprint density at radius 1 is 1.24 bits per heavy atom. The van der Waals surface area contributed by atoms with Crippen LogP contribution in [0, 0.1) is 5.92 Å². The van der Waals surface area contributed by atoms with Gasteiger partial charge in [-0.25, -0.2) is 0 Å². The smallest absolute Gasteiger partial charge is 0.239 e. The van der Waals surface area contributed by atoms with E-state index in [2.05, 4.69) is 5.32 Å². The van der Waals surface area contributed by atoms with Crippen molar-refractivity contribution in [3.05, 3.63) is 35.9 Å². The molecule has 0 aliphatic rings. The first-order valence-corrected chi connectivity index (χ1v) is 7.37. The Balaban J connectivity index is 2.72. The molecule has 0 saturated carbocycles. The van der Waals surface area contributed by atoms with E-state index in [1.54, 1.807) is 11.8 Å². The molecule has 2 atom stereocenters. The number of rotatable bonds is 7.